The SMILES string of the molecule is CCCCCCn1c(=O)c2c(ncn2O[C@@H]2O[C@H](CO)[C@@H](O)[C@H]2O)n(CCCCCC)c1=O. The molecule has 186 valence electrons. The number of fused-ring (bicyclic) bond motifs is 1. The summed E-state index contributed by atoms with van der Waals surface area (Å²) in [6, 6.07) is 0. The van der Waals surface area contributed by atoms with Gasteiger partial charge in [-0.25, -0.2) is 9.78 Å². The number of aliphatic hydroxyl groups excluding tert-OH is 3. The van der Waals surface area contributed by atoms with E-state index in [2.05, 4.69) is 18.8 Å². The van der Waals surface area contributed by atoms with Gasteiger partial charge in [-0.1, -0.05) is 52.4 Å². The minimum absolute atomic E-state index is 0.0679. The van der Waals surface area contributed by atoms with E-state index in [0.29, 0.717) is 19.5 Å². The van der Waals surface area contributed by atoms with Crippen LogP contribution in [0.1, 0.15) is 65.2 Å². The number of ether oxygens (including phenoxy) is 1. The van der Waals surface area contributed by atoms with Gasteiger partial charge in [-0.2, -0.15) is 4.73 Å². The molecular weight excluding hydrogens is 432 g/mol. The molecule has 0 aliphatic carbocycles. The molecular formula is C22H36N4O7. The summed E-state index contributed by atoms with van der Waals surface area (Å²) >= 11 is 0. The Balaban J connectivity index is 1.97. The maximum absolute atomic E-state index is 13.3. The van der Waals surface area contributed by atoms with Crippen LogP contribution in [-0.4, -0.2) is 65.4 Å². The van der Waals surface area contributed by atoms with Crippen molar-refractivity contribution in [2.45, 2.75) is 103 Å². The number of unbranched alkanes of at least 4 members (excludes halogenated alkanes) is 6. The number of aromatic nitrogens is 4. The van der Waals surface area contributed by atoms with Crippen molar-refractivity contribution in [1.82, 2.24) is 18.8 Å². The highest BCUT2D eigenvalue weighted by atomic mass is 16.8. The predicted octanol–water partition coefficient (Wildman–Crippen LogP) is 0.388. The van der Waals surface area contributed by atoms with Crippen molar-refractivity contribution in [2.24, 2.45) is 0 Å². The molecule has 33 heavy (non-hydrogen) atoms. The maximum Gasteiger partial charge on any atom is 0.332 e. The van der Waals surface area contributed by atoms with Gasteiger partial charge in [0, 0.05) is 13.1 Å². The Hall–Kier alpha value is -2.21. The topological polar surface area (TPSA) is 141 Å². The van der Waals surface area contributed by atoms with E-state index < -0.39 is 42.5 Å². The Labute approximate surface area is 192 Å². The van der Waals surface area contributed by atoms with Crippen LogP contribution in [0.4, 0.5) is 0 Å². The van der Waals surface area contributed by atoms with Crippen LogP contribution in [0.5, 0.6) is 0 Å². The average Bonchev–Trinajstić information content (AvgIpc) is 3.34. The van der Waals surface area contributed by atoms with E-state index in [1.54, 1.807) is 0 Å². The van der Waals surface area contributed by atoms with Crippen molar-refractivity contribution >= 4 is 11.2 Å². The molecule has 0 aromatic carbocycles. The predicted molar refractivity (Wildman–Crippen MR) is 121 cm³/mol. The van der Waals surface area contributed by atoms with Crippen LogP contribution in [0.3, 0.4) is 0 Å². The van der Waals surface area contributed by atoms with Crippen molar-refractivity contribution in [3.05, 3.63) is 27.2 Å². The summed E-state index contributed by atoms with van der Waals surface area (Å²) in [5.41, 5.74) is -0.643. The summed E-state index contributed by atoms with van der Waals surface area (Å²) < 4.78 is 9.17. The number of aryl methyl sites for hydroxylation is 1. The van der Waals surface area contributed by atoms with Crippen molar-refractivity contribution in [2.75, 3.05) is 6.61 Å². The first-order chi connectivity index (χ1) is 15.9. The van der Waals surface area contributed by atoms with E-state index in [1.807, 2.05) is 0 Å². The lowest BCUT2D eigenvalue weighted by atomic mass is 10.1. The maximum atomic E-state index is 13.3. The largest absolute Gasteiger partial charge is 0.394 e. The second kappa shape index (κ2) is 11.8. The average molecular weight is 469 g/mol. The molecule has 1 aliphatic rings. The molecule has 1 aliphatic heterocycles. The number of rotatable bonds is 13. The van der Waals surface area contributed by atoms with E-state index in [0.717, 1.165) is 49.7 Å². The second-order valence-electron chi connectivity index (χ2n) is 8.57. The third-order valence-electron chi connectivity index (χ3n) is 6.07. The van der Waals surface area contributed by atoms with Gasteiger partial charge in [-0.3, -0.25) is 13.9 Å². The molecule has 3 heterocycles. The summed E-state index contributed by atoms with van der Waals surface area (Å²) in [4.78, 5) is 36.3. The van der Waals surface area contributed by atoms with Gasteiger partial charge >= 0.3 is 5.69 Å². The number of aliphatic hydroxyl groups is 3. The highest BCUT2D eigenvalue weighted by Gasteiger charge is 2.44. The summed E-state index contributed by atoms with van der Waals surface area (Å²) in [6.45, 7) is 4.43. The van der Waals surface area contributed by atoms with Crippen LogP contribution in [0.25, 0.3) is 11.2 Å². The third-order valence-corrected chi connectivity index (χ3v) is 6.07. The molecule has 4 atom stereocenters. The van der Waals surface area contributed by atoms with Gasteiger partial charge in [0.1, 0.15) is 24.6 Å². The van der Waals surface area contributed by atoms with Crippen molar-refractivity contribution in [1.29, 1.82) is 0 Å². The van der Waals surface area contributed by atoms with Crippen LogP contribution in [0.15, 0.2) is 15.9 Å². The first kappa shape index (κ1) is 25.4. The van der Waals surface area contributed by atoms with Crippen LogP contribution >= 0.6 is 0 Å². The molecule has 1 saturated heterocycles. The molecule has 1 fully saturated rings. The fourth-order valence-corrected chi connectivity index (χ4v) is 4.10. The summed E-state index contributed by atoms with van der Waals surface area (Å²) in [6.07, 6.45) is 3.72. The zero-order valence-electron chi connectivity index (χ0n) is 19.4. The zero-order valence-corrected chi connectivity index (χ0v) is 19.4. The normalized spacial score (nSPS) is 22.9. The third kappa shape index (κ3) is 5.48. The van der Waals surface area contributed by atoms with Gasteiger partial charge in [0.15, 0.2) is 11.2 Å². The van der Waals surface area contributed by atoms with Gasteiger partial charge in [-0.15, -0.1) is 0 Å². The molecule has 2 aromatic heterocycles. The Morgan fingerprint density at radius 1 is 0.970 bits per heavy atom. The molecule has 0 saturated carbocycles. The van der Waals surface area contributed by atoms with Crippen LogP contribution in [0, 0.1) is 0 Å². The van der Waals surface area contributed by atoms with Crippen LogP contribution in [0.2, 0.25) is 0 Å². The number of imidazole rings is 1. The second-order valence-corrected chi connectivity index (χ2v) is 8.57. The first-order valence-electron chi connectivity index (χ1n) is 11.9. The molecule has 3 rings (SSSR count). The molecule has 0 bridgehead atoms. The first-order valence-corrected chi connectivity index (χ1v) is 11.9. The summed E-state index contributed by atoms with van der Waals surface area (Å²) in [5.74, 6) is 0. The van der Waals surface area contributed by atoms with Crippen molar-refractivity contribution in [3.63, 3.8) is 0 Å². The van der Waals surface area contributed by atoms with Gasteiger partial charge in [0.2, 0.25) is 0 Å². The van der Waals surface area contributed by atoms with E-state index >= 15 is 0 Å². The van der Waals surface area contributed by atoms with Crippen molar-refractivity contribution < 1.29 is 24.9 Å². The molecule has 3 N–H and O–H groups in total. The van der Waals surface area contributed by atoms with Crippen LogP contribution in [-0.2, 0) is 17.8 Å². The Bertz CT molecular complexity index is 1010. The fourth-order valence-electron chi connectivity index (χ4n) is 4.10. The highest BCUT2D eigenvalue weighted by molar-refractivity contribution is 5.69. The molecule has 2 aromatic rings. The van der Waals surface area contributed by atoms with Gasteiger partial charge in [0.05, 0.1) is 6.61 Å². The van der Waals surface area contributed by atoms with Crippen molar-refractivity contribution in [3.8, 4) is 0 Å². The smallest absolute Gasteiger partial charge is 0.332 e. The molecule has 0 unspecified atom stereocenters. The zero-order chi connectivity index (χ0) is 24.0. The molecule has 11 heteroatoms. The molecule has 0 radical (unpaired) electrons. The Morgan fingerprint density at radius 2 is 1.61 bits per heavy atom. The standard InChI is InChI=1S/C22H36N4O7/c1-3-5-7-9-11-24-19-16(20(30)25(22(24)31)12-10-8-6-4-2)26(14-23-19)33-21-18(29)17(28)15(13-27)32-21/h14-15,17-18,21,27-29H,3-13H2,1-2H3/t15-,17-,18-,21+/m1/s1. The Kier molecular flexibility index (Phi) is 9.07. The fraction of sp³-hybridized carbons (Fsp3) is 0.773. The monoisotopic (exact) mass is 468 g/mol. The lowest BCUT2D eigenvalue weighted by Gasteiger charge is -2.17. The summed E-state index contributed by atoms with van der Waals surface area (Å²) in [7, 11) is 0. The number of hydrogen-bond donors (Lipinski definition) is 3. The number of hydrogen-bond acceptors (Lipinski definition) is 8. The number of nitrogens with zero attached hydrogens (tertiary/aromatic N) is 4. The van der Waals surface area contributed by atoms with Gasteiger partial charge in [-0.05, 0) is 12.8 Å². The van der Waals surface area contributed by atoms with E-state index in [4.69, 9.17) is 9.57 Å². The van der Waals surface area contributed by atoms with E-state index in [1.165, 1.54) is 15.5 Å². The Morgan fingerprint density at radius 3 is 2.18 bits per heavy atom. The van der Waals surface area contributed by atoms with Gasteiger partial charge < -0.3 is 24.9 Å². The molecule has 11 nitrogen and oxygen atoms in total. The van der Waals surface area contributed by atoms with Crippen LogP contribution < -0.4 is 16.1 Å². The lowest BCUT2D eigenvalue weighted by Crippen LogP contribution is -2.42. The molecule has 0 amide bonds. The minimum Gasteiger partial charge on any atom is -0.394 e. The quantitative estimate of drug-likeness (QED) is 0.359. The summed E-state index contributed by atoms with van der Waals surface area (Å²) in [5, 5.41) is 29.5. The lowest BCUT2D eigenvalue weighted by molar-refractivity contribution is -0.168. The van der Waals surface area contributed by atoms with E-state index in [-0.39, 0.29) is 11.2 Å². The highest BCUT2D eigenvalue weighted by Crippen LogP contribution is 2.21. The molecule has 0 spiro atoms. The van der Waals surface area contributed by atoms with E-state index in [9.17, 15) is 24.9 Å². The van der Waals surface area contributed by atoms with Gasteiger partial charge in [0.25, 0.3) is 11.8 Å². The minimum atomic E-state index is -1.42.